The second kappa shape index (κ2) is 6.76. The van der Waals surface area contributed by atoms with E-state index in [4.69, 9.17) is 23.2 Å². The van der Waals surface area contributed by atoms with Gasteiger partial charge in [0.25, 0.3) is 11.8 Å². The number of aryl methyl sites for hydroxylation is 2. The van der Waals surface area contributed by atoms with E-state index in [1.807, 2.05) is 19.9 Å². The van der Waals surface area contributed by atoms with Gasteiger partial charge in [0.1, 0.15) is 17.4 Å². The number of carbonyl (C=O) groups is 2. The van der Waals surface area contributed by atoms with E-state index in [2.05, 4.69) is 20.9 Å². The number of nitrogens with one attached hydrogen (secondary N) is 2. The first-order chi connectivity index (χ1) is 10.4. The Balaban J connectivity index is 1.95. The van der Waals surface area contributed by atoms with Crippen molar-refractivity contribution in [3.63, 3.8) is 0 Å². The number of hydrazine groups is 1. The number of carbonyl (C=O) groups excluding carboxylic acids is 2. The van der Waals surface area contributed by atoms with Crippen molar-refractivity contribution >= 4 is 35.0 Å². The summed E-state index contributed by atoms with van der Waals surface area (Å²) in [6.07, 6.45) is 0. The van der Waals surface area contributed by atoms with Gasteiger partial charge in [-0.3, -0.25) is 25.1 Å². The molecule has 0 aliphatic heterocycles. The maximum Gasteiger partial charge on any atom is 0.289 e. The normalized spacial score (nSPS) is 10.4. The van der Waals surface area contributed by atoms with Crippen LogP contribution in [0.2, 0.25) is 10.2 Å². The molecule has 7 nitrogen and oxygen atoms in total. The first-order valence-corrected chi connectivity index (χ1v) is 7.04. The fourth-order valence-electron chi connectivity index (χ4n) is 1.77. The largest absolute Gasteiger partial charge is 0.289 e. The average Bonchev–Trinajstić information content (AvgIpc) is 2.77. The van der Waals surface area contributed by atoms with Crippen molar-refractivity contribution in [3.8, 4) is 0 Å². The average molecular weight is 342 g/mol. The van der Waals surface area contributed by atoms with Gasteiger partial charge in [-0.15, -0.1) is 0 Å². The van der Waals surface area contributed by atoms with Crippen LogP contribution in [0.5, 0.6) is 0 Å². The molecule has 2 rings (SSSR count). The molecule has 2 N–H and O–H groups in total. The molecule has 0 saturated heterocycles. The van der Waals surface area contributed by atoms with Crippen LogP contribution in [0.1, 0.15) is 21.9 Å². The molecule has 0 spiro atoms. The number of rotatable bonds is 3. The van der Waals surface area contributed by atoms with Gasteiger partial charge in [-0.1, -0.05) is 23.2 Å². The van der Waals surface area contributed by atoms with Crippen molar-refractivity contribution < 1.29 is 9.59 Å². The van der Waals surface area contributed by atoms with E-state index >= 15 is 0 Å². The van der Waals surface area contributed by atoms with Gasteiger partial charge in [0.2, 0.25) is 0 Å². The standard InChI is InChI=1S/C13H13Cl2N5O2/c1-7-5-8(2)20(19-7)6-11(21)17-18-13(22)12-9(14)3-4-10(15)16-12/h3-5H,6H2,1-2H3,(H,17,21)(H,18,22). The van der Waals surface area contributed by atoms with Crippen LogP contribution in [-0.4, -0.2) is 26.6 Å². The molecule has 2 aromatic heterocycles. The first kappa shape index (κ1) is 16.3. The van der Waals surface area contributed by atoms with Crippen LogP contribution in [-0.2, 0) is 11.3 Å². The van der Waals surface area contributed by atoms with Gasteiger partial charge in [-0.05, 0) is 32.0 Å². The molecule has 0 saturated carbocycles. The van der Waals surface area contributed by atoms with Crippen molar-refractivity contribution in [2.45, 2.75) is 20.4 Å². The molecule has 0 unspecified atom stereocenters. The van der Waals surface area contributed by atoms with E-state index in [1.54, 1.807) is 0 Å². The monoisotopic (exact) mass is 341 g/mol. The van der Waals surface area contributed by atoms with E-state index in [0.29, 0.717) is 0 Å². The number of nitrogens with zero attached hydrogens (tertiary/aromatic N) is 3. The smallest absolute Gasteiger partial charge is 0.271 e. The van der Waals surface area contributed by atoms with Crippen LogP contribution >= 0.6 is 23.2 Å². The van der Waals surface area contributed by atoms with Crippen molar-refractivity contribution in [1.82, 2.24) is 25.6 Å². The number of hydrogen-bond donors (Lipinski definition) is 2. The minimum atomic E-state index is -0.658. The summed E-state index contributed by atoms with van der Waals surface area (Å²) in [4.78, 5) is 27.5. The minimum Gasteiger partial charge on any atom is -0.271 e. The molecule has 116 valence electrons. The second-order valence-electron chi connectivity index (χ2n) is 4.55. The van der Waals surface area contributed by atoms with Gasteiger partial charge in [-0.2, -0.15) is 5.10 Å². The Hall–Kier alpha value is -2.12. The van der Waals surface area contributed by atoms with Gasteiger partial charge in [0.15, 0.2) is 0 Å². The molecule has 2 amide bonds. The van der Waals surface area contributed by atoms with Crippen LogP contribution in [0.25, 0.3) is 0 Å². The molecule has 22 heavy (non-hydrogen) atoms. The zero-order valence-corrected chi connectivity index (χ0v) is 13.4. The fourth-order valence-corrected chi connectivity index (χ4v) is 2.11. The Bertz CT molecular complexity index is 729. The second-order valence-corrected chi connectivity index (χ2v) is 5.35. The molecule has 0 radical (unpaired) electrons. The zero-order valence-electron chi connectivity index (χ0n) is 11.9. The Morgan fingerprint density at radius 2 is 1.95 bits per heavy atom. The van der Waals surface area contributed by atoms with Crippen LogP contribution in [0.15, 0.2) is 18.2 Å². The zero-order chi connectivity index (χ0) is 16.3. The number of hydrogen-bond acceptors (Lipinski definition) is 4. The van der Waals surface area contributed by atoms with Crippen LogP contribution in [0, 0.1) is 13.8 Å². The minimum absolute atomic E-state index is 0.0172. The topological polar surface area (TPSA) is 88.9 Å². The maximum atomic E-state index is 11.9. The summed E-state index contributed by atoms with van der Waals surface area (Å²) in [5.41, 5.74) is 6.09. The van der Waals surface area contributed by atoms with Gasteiger partial charge in [0.05, 0.1) is 10.7 Å². The summed E-state index contributed by atoms with van der Waals surface area (Å²) in [6, 6.07) is 4.76. The SMILES string of the molecule is Cc1cc(C)n(CC(=O)NNC(=O)c2nc(Cl)ccc2Cl)n1. The highest BCUT2D eigenvalue weighted by molar-refractivity contribution is 6.34. The van der Waals surface area contributed by atoms with Gasteiger partial charge >= 0.3 is 0 Å². The van der Waals surface area contributed by atoms with Gasteiger partial charge < -0.3 is 0 Å². The molecule has 9 heteroatoms. The summed E-state index contributed by atoms with van der Waals surface area (Å²) in [7, 11) is 0. The molecule has 0 bridgehead atoms. The van der Waals surface area contributed by atoms with E-state index in [9.17, 15) is 9.59 Å². The van der Waals surface area contributed by atoms with Gasteiger partial charge in [0, 0.05) is 5.69 Å². The summed E-state index contributed by atoms with van der Waals surface area (Å²) in [6.45, 7) is 3.65. The van der Waals surface area contributed by atoms with E-state index in [1.165, 1.54) is 16.8 Å². The Kier molecular flexibility index (Phi) is 4.99. The Morgan fingerprint density at radius 1 is 1.23 bits per heavy atom. The molecular weight excluding hydrogens is 329 g/mol. The van der Waals surface area contributed by atoms with E-state index in [-0.39, 0.29) is 22.4 Å². The van der Waals surface area contributed by atoms with Crippen LogP contribution in [0.3, 0.4) is 0 Å². The Morgan fingerprint density at radius 3 is 2.59 bits per heavy atom. The highest BCUT2D eigenvalue weighted by Gasteiger charge is 2.14. The van der Waals surface area contributed by atoms with Crippen LogP contribution < -0.4 is 10.9 Å². The summed E-state index contributed by atoms with van der Waals surface area (Å²) in [5.74, 6) is -1.09. The molecule has 0 atom stereocenters. The quantitative estimate of drug-likeness (QED) is 0.656. The molecule has 0 aliphatic carbocycles. The maximum absolute atomic E-state index is 11.9. The van der Waals surface area contributed by atoms with Gasteiger partial charge in [-0.25, -0.2) is 4.98 Å². The van der Waals surface area contributed by atoms with Crippen molar-refractivity contribution in [2.75, 3.05) is 0 Å². The highest BCUT2D eigenvalue weighted by atomic mass is 35.5. The molecule has 0 fully saturated rings. The Labute approximate surface area is 136 Å². The van der Waals surface area contributed by atoms with Crippen LogP contribution in [0.4, 0.5) is 0 Å². The summed E-state index contributed by atoms with van der Waals surface area (Å²) in [5, 5.41) is 4.42. The lowest BCUT2D eigenvalue weighted by Crippen LogP contribution is -2.43. The molecule has 0 aromatic carbocycles. The third kappa shape index (κ3) is 3.96. The summed E-state index contributed by atoms with van der Waals surface area (Å²) >= 11 is 11.6. The number of halogens is 2. The molecule has 2 heterocycles. The lowest BCUT2D eigenvalue weighted by Gasteiger charge is -2.09. The number of aromatic nitrogens is 3. The molecule has 0 aliphatic rings. The number of pyridine rings is 1. The first-order valence-electron chi connectivity index (χ1n) is 6.29. The van der Waals surface area contributed by atoms with E-state index < -0.39 is 11.8 Å². The third-order valence-corrected chi connectivity index (χ3v) is 3.25. The molecular formula is C13H13Cl2N5O2. The van der Waals surface area contributed by atoms with Crippen molar-refractivity contribution in [3.05, 3.63) is 45.5 Å². The molecule has 2 aromatic rings. The predicted molar refractivity (Wildman–Crippen MR) is 81.6 cm³/mol. The lowest BCUT2D eigenvalue weighted by molar-refractivity contribution is -0.122. The summed E-state index contributed by atoms with van der Waals surface area (Å²) < 4.78 is 1.53. The highest BCUT2D eigenvalue weighted by Crippen LogP contribution is 2.16. The lowest BCUT2D eigenvalue weighted by atomic mass is 10.3. The predicted octanol–water partition coefficient (Wildman–Crippen LogP) is 1.66. The fraction of sp³-hybridized carbons (Fsp3) is 0.231. The van der Waals surface area contributed by atoms with E-state index in [0.717, 1.165) is 11.4 Å². The van der Waals surface area contributed by atoms with Crippen molar-refractivity contribution in [2.24, 2.45) is 0 Å². The third-order valence-electron chi connectivity index (χ3n) is 2.74. The van der Waals surface area contributed by atoms with Crippen molar-refractivity contribution in [1.29, 1.82) is 0 Å². The number of amides is 2.